The molecule has 0 saturated heterocycles. The predicted molar refractivity (Wildman–Crippen MR) is 127 cm³/mol. The van der Waals surface area contributed by atoms with Crippen molar-refractivity contribution in [1.29, 1.82) is 0 Å². The number of carbonyl (C=O) groups is 3. The number of hydrogen-bond donors (Lipinski definition) is 0. The van der Waals surface area contributed by atoms with Crippen LogP contribution in [0.5, 0.6) is 11.5 Å². The predicted octanol–water partition coefficient (Wildman–Crippen LogP) is 6.66. The van der Waals surface area contributed by atoms with E-state index in [4.69, 9.17) is 14.2 Å². The first kappa shape index (κ1) is 27.0. The molecule has 7 heteroatoms. The molecule has 2 aromatic rings. The van der Waals surface area contributed by atoms with Gasteiger partial charge in [0.1, 0.15) is 17.3 Å². The average molecular weight is 473 g/mol. The molecule has 0 aliphatic rings. The monoisotopic (exact) mass is 472 g/mol. The summed E-state index contributed by atoms with van der Waals surface area (Å²) in [5.41, 5.74) is 0.0170. The van der Waals surface area contributed by atoms with Crippen LogP contribution in [0.4, 0.5) is 4.39 Å². The van der Waals surface area contributed by atoms with Gasteiger partial charge in [-0.05, 0) is 49.7 Å². The van der Waals surface area contributed by atoms with Crippen LogP contribution in [0.2, 0.25) is 0 Å². The third-order valence-electron chi connectivity index (χ3n) is 5.20. The molecule has 2 aromatic carbocycles. The second-order valence-corrected chi connectivity index (χ2v) is 7.97. The lowest BCUT2D eigenvalue weighted by Crippen LogP contribution is -2.12. The van der Waals surface area contributed by atoms with Crippen LogP contribution in [0.25, 0.3) is 0 Å². The molecule has 2 rings (SSSR count). The van der Waals surface area contributed by atoms with Gasteiger partial charge in [0.05, 0.1) is 17.7 Å². The minimum Gasteiger partial charge on any atom is -0.462 e. The molecule has 0 amide bonds. The SMILES string of the molecule is CCCCCCCCCCC(=O)Oc1ccc(C(=O)Oc2ccc(C(=O)OCC)cc2)c(F)c1. The molecule has 0 atom stereocenters. The highest BCUT2D eigenvalue weighted by Gasteiger charge is 2.17. The van der Waals surface area contributed by atoms with E-state index >= 15 is 0 Å². The van der Waals surface area contributed by atoms with Crippen molar-refractivity contribution >= 4 is 17.9 Å². The summed E-state index contributed by atoms with van der Waals surface area (Å²) < 4.78 is 29.7. The third-order valence-corrected chi connectivity index (χ3v) is 5.20. The lowest BCUT2D eigenvalue weighted by atomic mass is 10.1. The Hall–Kier alpha value is -3.22. The number of halogens is 1. The summed E-state index contributed by atoms with van der Waals surface area (Å²) in [5, 5.41) is 0. The number of esters is 3. The van der Waals surface area contributed by atoms with Crippen LogP contribution in [-0.2, 0) is 9.53 Å². The zero-order valence-corrected chi connectivity index (χ0v) is 19.9. The molecule has 0 spiro atoms. The number of benzene rings is 2. The first-order chi connectivity index (χ1) is 16.4. The Morgan fingerprint density at radius 1 is 0.735 bits per heavy atom. The first-order valence-electron chi connectivity index (χ1n) is 11.9. The van der Waals surface area contributed by atoms with Crippen molar-refractivity contribution in [3.63, 3.8) is 0 Å². The summed E-state index contributed by atoms with van der Waals surface area (Å²) in [4.78, 5) is 36.0. The summed E-state index contributed by atoms with van der Waals surface area (Å²) in [6.45, 7) is 4.14. The van der Waals surface area contributed by atoms with E-state index < -0.39 is 23.7 Å². The van der Waals surface area contributed by atoms with Gasteiger partial charge in [-0.1, -0.05) is 51.9 Å². The van der Waals surface area contributed by atoms with E-state index in [1.807, 2.05) is 0 Å². The number of rotatable bonds is 14. The highest BCUT2D eigenvalue weighted by Crippen LogP contribution is 2.21. The largest absolute Gasteiger partial charge is 0.462 e. The summed E-state index contributed by atoms with van der Waals surface area (Å²) in [5.74, 6) is -2.49. The Labute approximate surface area is 200 Å². The second kappa shape index (κ2) is 14.8. The van der Waals surface area contributed by atoms with E-state index in [0.29, 0.717) is 5.56 Å². The third kappa shape index (κ3) is 9.33. The Kier molecular flexibility index (Phi) is 11.8. The van der Waals surface area contributed by atoms with Crippen molar-refractivity contribution in [2.24, 2.45) is 0 Å². The van der Waals surface area contributed by atoms with Crippen LogP contribution < -0.4 is 9.47 Å². The number of carbonyl (C=O) groups excluding carboxylic acids is 3. The second-order valence-electron chi connectivity index (χ2n) is 7.97. The molecule has 0 radical (unpaired) electrons. The van der Waals surface area contributed by atoms with Crippen molar-refractivity contribution in [2.45, 2.75) is 71.6 Å². The fourth-order valence-corrected chi connectivity index (χ4v) is 3.35. The molecular formula is C27H33FO6. The van der Waals surface area contributed by atoms with Crippen molar-refractivity contribution in [1.82, 2.24) is 0 Å². The van der Waals surface area contributed by atoms with Crippen molar-refractivity contribution in [3.8, 4) is 11.5 Å². The lowest BCUT2D eigenvalue weighted by molar-refractivity contribution is -0.134. The minimum atomic E-state index is -0.904. The fourth-order valence-electron chi connectivity index (χ4n) is 3.35. The van der Waals surface area contributed by atoms with Crippen LogP contribution in [0, 0.1) is 5.82 Å². The normalized spacial score (nSPS) is 10.6. The minimum absolute atomic E-state index is 0.0393. The van der Waals surface area contributed by atoms with Crippen LogP contribution in [-0.4, -0.2) is 24.5 Å². The summed E-state index contributed by atoms with van der Waals surface area (Å²) in [7, 11) is 0. The first-order valence-corrected chi connectivity index (χ1v) is 11.9. The highest BCUT2D eigenvalue weighted by molar-refractivity contribution is 5.92. The zero-order chi connectivity index (χ0) is 24.8. The van der Waals surface area contributed by atoms with Crippen molar-refractivity contribution in [2.75, 3.05) is 6.61 Å². The van der Waals surface area contributed by atoms with Crippen LogP contribution in [0.15, 0.2) is 42.5 Å². The molecule has 0 heterocycles. The molecule has 184 valence electrons. The number of unbranched alkanes of at least 4 members (excludes halogenated alkanes) is 7. The van der Waals surface area contributed by atoms with Crippen LogP contribution in [0.1, 0.15) is 92.4 Å². The molecule has 34 heavy (non-hydrogen) atoms. The Morgan fingerprint density at radius 3 is 1.97 bits per heavy atom. The van der Waals surface area contributed by atoms with Gasteiger partial charge in [-0.2, -0.15) is 0 Å². The summed E-state index contributed by atoms with van der Waals surface area (Å²) in [6, 6.07) is 9.30. The molecule has 0 fully saturated rings. The average Bonchev–Trinajstić information content (AvgIpc) is 2.81. The van der Waals surface area contributed by atoms with Gasteiger partial charge in [0.2, 0.25) is 0 Å². The van der Waals surface area contributed by atoms with Gasteiger partial charge in [-0.3, -0.25) is 4.79 Å². The van der Waals surface area contributed by atoms with Gasteiger partial charge < -0.3 is 14.2 Å². The van der Waals surface area contributed by atoms with Crippen LogP contribution in [0.3, 0.4) is 0 Å². The quantitative estimate of drug-likeness (QED) is 0.174. The van der Waals surface area contributed by atoms with Crippen molar-refractivity contribution in [3.05, 3.63) is 59.4 Å². The van der Waals surface area contributed by atoms with E-state index in [2.05, 4.69) is 6.92 Å². The van der Waals surface area contributed by atoms with E-state index in [0.717, 1.165) is 25.3 Å². The number of ether oxygens (including phenoxy) is 3. The maximum atomic E-state index is 14.4. The molecule has 0 aliphatic carbocycles. The maximum Gasteiger partial charge on any atom is 0.346 e. The maximum absolute atomic E-state index is 14.4. The van der Waals surface area contributed by atoms with Gasteiger partial charge in [0.15, 0.2) is 0 Å². The van der Waals surface area contributed by atoms with E-state index in [1.54, 1.807) is 6.92 Å². The van der Waals surface area contributed by atoms with E-state index in [9.17, 15) is 18.8 Å². The Bertz CT molecular complexity index is 939. The Balaban J connectivity index is 1.79. The topological polar surface area (TPSA) is 78.9 Å². The molecule has 0 bridgehead atoms. The molecule has 0 aromatic heterocycles. The molecule has 0 saturated carbocycles. The van der Waals surface area contributed by atoms with Gasteiger partial charge in [-0.15, -0.1) is 0 Å². The highest BCUT2D eigenvalue weighted by atomic mass is 19.1. The summed E-state index contributed by atoms with van der Waals surface area (Å²) >= 11 is 0. The van der Waals surface area contributed by atoms with Crippen LogP contribution >= 0.6 is 0 Å². The molecule has 0 N–H and O–H groups in total. The standard InChI is InChI=1S/C27H33FO6/c1-3-5-6-7-8-9-10-11-12-25(29)33-22-17-18-23(24(28)19-22)27(31)34-21-15-13-20(14-16-21)26(30)32-4-2/h13-19H,3-12H2,1-2H3. The number of hydrogen-bond acceptors (Lipinski definition) is 6. The molecular weight excluding hydrogens is 439 g/mol. The van der Waals surface area contributed by atoms with E-state index in [1.165, 1.54) is 68.5 Å². The Morgan fingerprint density at radius 2 is 1.35 bits per heavy atom. The lowest BCUT2D eigenvalue weighted by Gasteiger charge is -2.08. The summed E-state index contributed by atoms with van der Waals surface area (Å²) in [6.07, 6.45) is 9.20. The van der Waals surface area contributed by atoms with Gasteiger partial charge in [-0.25, -0.2) is 14.0 Å². The smallest absolute Gasteiger partial charge is 0.346 e. The molecule has 0 aliphatic heterocycles. The zero-order valence-electron chi connectivity index (χ0n) is 19.9. The van der Waals surface area contributed by atoms with Gasteiger partial charge >= 0.3 is 17.9 Å². The fraction of sp³-hybridized carbons (Fsp3) is 0.444. The molecule has 0 unspecified atom stereocenters. The van der Waals surface area contributed by atoms with Gasteiger partial charge in [0, 0.05) is 12.5 Å². The van der Waals surface area contributed by atoms with Crippen molar-refractivity contribution < 1.29 is 33.0 Å². The van der Waals surface area contributed by atoms with E-state index in [-0.39, 0.29) is 30.1 Å². The molecule has 6 nitrogen and oxygen atoms in total. The van der Waals surface area contributed by atoms with Gasteiger partial charge in [0.25, 0.3) is 0 Å².